The summed E-state index contributed by atoms with van der Waals surface area (Å²) in [6.45, 7) is 4.26. The van der Waals surface area contributed by atoms with Gasteiger partial charge in [0.2, 0.25) is 21.8 Å². The molecule has 210 valence electrons. The van der Waals surface area contributed by atoms with E-state index in [1.54, 1.807) is 50.4 Å². The van der Waals surface area contributed by atoms with Gasteiger partial charge < -0.3 is 10.1 Å². The lowest BCUT2D eigenvalue weighted by molar-refractivity contribution is -0.126. The summed E-state index contributed by atoms with van der Waals surface area (Å²) in [7, 11) is -1.98. The lowest BCUT2D eigenvalue weighted by Gasteiger charge is -2.30. The number of hydrazone groups is 1. The van der Waals surface area contributed by atoms with Gasteiger partial charge in [-0.2, -0.15) is 9.41 Å². The van der Waals surface area contributed by atoms with Crippen LogP contribution < -0.4 is 15.5 Å². The average Bonchev–Trinajstić information content (AvgIpc) is 2.96. The van der Waals surface area contributed by atoms with Crippen LogP contribution in [0.5, 0.6) is 5.75 Å². The van der Waals surface area contributed by atoms with Crippen molar-refractivity contribution in [1.29, 1.82) is 0 Å². The Morgan fingerprint density at radius 3 is 2.17 bits per heavy atom. The van der Waals surface area contributed by atoms with Crippen molar-refractivity contribution in [3.8, 4) is 5.75 Å². The van der Waals surface area contributed by atoms with E-state index in [1.165, 1.54) is 4.31 Å². The fraction of sp³-hybridized carbons (Fsp3) is 0.300. The van der Waals surface area contributed by atoms with E-state index in [0.717, 1.165) is 22.4 Å². The molecule has 1 fully saturated rings. The van der Waals surface area contributed by atoms with Crippen LogP contribution in [-0.4, -0.2) is 50.4 Å². The number of rotatable bonds is 9. The Balaban J connectivity index is 1.26. The normalized spacial score (nSPS) is 14.9. The number of benzene rings is 3. The van der Waals surface area contributed by atoms with E-state index in [2.05, 4.69) is 15.8 Å². The number of aryl methyl sites for hydroxylation is 1. The van der Waals surface area contributed by atoms with E-state index < -0.39 is 10.0 Å². The number of amides is 2. The summed E-state index contributed by atoms with van der Waals surface area (Å²) in [4.78, 5) is 25.4. The van der Waals surface area contributed by atoms with Gasteiger partial charge in [0.25, 0.3) is 0 Å². The van der Waals surface area contributed by atoms with E-state index in [-0.39, 0.29) is 42.1 Å². The number of carbonyl (C=O) groups is 2. The summed E-state index contributed by atoms with van der Waals surface area (Å²) in [5, 5.41) is 7.12. The highest BCUT2D eigenvalue weighted by atomic mass is 32.2. The minimum Gasteiger partial charge on any atom is -0.497 e. The third-order valence-electron chi connectivity index (χ3n) is 6.93. The van der Waals surface area contributed by atoms with Crippen LogP contribution in [0.1, 0.15) is 36.5 Å². The zero-order valence-electron chi connectivity index (χ0n) is 22.9. The number of sulfonamides is 1. The Labute approximate surface area is 235 Å². The predicted molar refractivity (Wildman–Crippen MR) is 155 cm³/mol. The molecule has 2 amide bonds. The van der Waals surface area contributed by atoms with E-state index >= 15 is 0 Å². The van der Waals surface area contributed by atoms with Crippen LogP contribution in [0.15, 0.2) is 82.8 Å². The van der Waals surface area contributed by atoms with Gasteiger partial charge in [-0.15, -0.1) is 0 Å². The molecule has 0 unspecified atom stereocenters. The first-order valence-corrected chi connectivity index (χ1v) is 14.5. The van der Waals surface area contributed by atoms with E-state index in [4.69, 9.17) is 4.74 Å². The quantitative estimate of drug-likeness (QED) is 0.301. The Bertz CT molecular complexity index is 1460. The zero-order valence-corrected chi connectivity index (χ0v) is 23.7. The molecule has 1 heterocycles. The monoisotopic (exact) mass is 562 g/mol. The second kappa shape index (κ2) is 12.9. The first-order valence-electron chi connectivity index (χ1n) is 13.1. The summed E-state index contributed by atoms with van der Waals surface area (Å²) in [6.07, 6.45) is 1.10. The van der Waals surface area contributed by atoms with E-state index in [9.17, 15) is 18.0 Å². The van der Waals surface area contributed by atoms with Crippen LogP contribution in [-0.2, 0) is 26.0 Å². The lowest BCUT2D eigenvalue weighted by Crippen LogP contribution is -2.42. The molecule has 1 aliphatic heterocycles. The Hall–Kier alpha value is -4.02. The van der Waals surface area contributed by atoms with Gasteiger partial charge in [0, 0.05) is 24.7 Å². The third-order valence-corrected chi connectivity index (χ3v) is 8.84. The van der Waals surface area contributed by atoms with Crippen molar-refractivity contribution in [3.05, 3.63) is 89.5 Å². The maximum Gasteiger partial charge on any atom is 0.243 e. The summed E-state index contributed by atoms with van der Waals surface area (Å²) in [5.74, 6) is 0.0643. The molecule has 0 atom stereocenters. The molecule has 3 aromatic rings. The molecule has 40 heavy (non-hydrogen) atoms. The van der Waals surface area contributed by atoms with Gasteiger partial charge in [0.1, 0.15) is 5.75 Å². The Kier molecular flexibility index (Phi) is 9.34. The minimum absolute atomic E-state index is 0.131. The number of hydrogen-bond donors (Lipinski definition) is 2. The molecule has 10 heteroatoms. The molecule has 0 radical (unpaired) electrons. The van der Waals surface area contributed by atoms with Crippen molar-refractivity contribution in [3.63, 3.8) is 0 Å². The topological polar surface area (TPSA) is 117 Å². The average molecular weight is 563 g/mol. The number of anilines is 1. The molecule has 2 N–H and O–H groups in total. The highest BCUT2D eigenvalue weighted by molar-refractivity contribution is 7.89. The van der Waals surface area contributed by atoms with Gasteiger partial charge in [0.05, 0.1) is 24.1 Å². The molecular weight excluding hydrogens is 528 g/mol. The third kappa shape index (κ3) is 7.34. The van der Waals surface area contributed by atoms with Crippen LogP contribution in [0.2, 0.25) is 0 Å². The summed E-state index contributed by atoms with van der Waals surface area (Å²) >= 11 is 0. The number of nitrogens with one attached hydrogen (secondary N) is 2. The van der Waals surface area contributed by atoms with Gasteiger partial charge in [0.15, 0.2) is 0 Å². The van der Waals surface area contributed by atoms with Crippen molar-refractivity contribution in [1.82, 2.24) is 9.73 Å². The van der Waals surface area contributed by atoms with Crippen molar-refractivity contribution in [2.75, 3.05) is 25.5 Å². The fourth-order valence-corrected chi connectivity index (χ4v) is 5.91. The maximum atomic E-state index is 12.9. The molecule has 1 aliphatic rings. The molecule has 9 nitrogen and oxygen atoms in total. The molecule has 0 bridgehead atoms. The number of methoxy groups -OCH3 is 1. The number of ether oxygens (including phenoxy) is 1. The smallest absolute Gasteiger partial charge is 0.243 e. The van der Waals surface area contributed by atoms with Crippen LogP contribution in [0, 0.1) is 12.8 Å². The highest BCUT2D eigenvalue weighted by Crippen LogP contribution is 2.24. The number of nitrogens with zero attached hydrogens (tertiary/aromatic N) is 2. The molecular formula is C30H34N4O5S. The van der Waals surface area contributed by atoms with Crippen LogP contribution in [0.3, 0.4) is 0 Å². The summed E-state index contributed by atoms with van der Waals surface area (Å²) in [5.41, 5.74) is 6.57. The minimum atomic E-state index is -3.58. The molecule has 4 rings (SSSR count). The van der Waals surface area contributed by atoms with Crippen LogP contribution in [0.25, 0.3) is 0 Å². The molecule has 3 aromatic carbocycles. The Morgan fingerprint density at radius 2 is 1.57 bits per heavy atom. The molecule has 1 saturated heterocycles. The number of hydrogen-bond acceptors (Lipinski definition) is 6. The standard InChI is InChI=1S/C30H34N4O5S/c1-21-4-14-28(15-5-21)40(37,38)34-18-16-25(17-19-34)30(36)33-32-22(2)24-8-10-26(11-9-24)31-29(35)20-23-6-12-27(39-3)13-7-23/h4-15,25H,16-20H2,1-3H3,(H,31,35)(H,33,36). The SMILES string of the molecule is COc1ccc(CC(=O)Nc2ccc(C(C)=NNC(=O)C3CCN(S(=O)(=O)c4ccc(C)cc4)CC3)cc2)cc1. The fourth-order valence-electron chi connectivity index (χ4n) is 4.44. The molecule has 0 aliphatic carbocycles. The van der Waals surface area contributed by atoms with E-state index in [1.807, 2.05) is 43.3 Å². The largest absolute Gasteiger partial charge is 0.497 e. The van der Waals surface area contributed by atoms with E-state index in [0.29, 0.717) is 24.2 Å². The van der Waals surface area contributed by atoms with Gasteiger partial charge in [-0.25, -0.2) is 13.8 Å². The van der Waals surface area contributed by atoms with Gasteiger partial charge in [-0.05, 0) is 74.2 Å². The summed E-state index contributed by atoms with van der Waals surface area (Å²) in [6, 6.07) is 21.3. The summed E-state index contributed by atoms with van der Waals surface area (Å²) < 4.78 is 32.4. The van der Waals surface area contributed by atoms with Gasteiger partial charge in [-0.3, -0.25) is 9.59 Å². The second-order valence-electron chi connectivity index (χ2n) is 9.82. The van der Waals surface area contributed by atoms with Crippen molar-refractivity contribution < 1.29 is 22.7 Å². The van der Waals surface area contributed by atoms with Crippen molar-refractivity contribution >= 4 is 33.2 Å². The first kappa shape index (κ1) is 29.0. The van der Waals surface area contributed by atoms with Gasteiger partial charge >= 0.3 is 0 Å². The first-order chi connectivity index (χ1) is 19.2. The van der Waals surface area contributed by atoms with Crippen molar-refractivity contribution in [2.45, 2.75) is 38.0 Å². The van der Waals surface area contributed by atoms with Crippen LogP contribution >= 0.6 is 0 Å². The molecule has 0 spiro atoms. The zero-order chi connectivity index (χ0) is 28.7. The molecule has 0 aromatic heterocycles. The lowest BCUT2D eigenvalue weighted by atomic mass is 9.98. The maximum absolute atomic E-state index is 12.9. The Morgan fingerprint density at radius 1 is 0.950 bits per heavy atom. The van der Waals surface area contributed by atoms with Gasteiger partial charge in [-0.1, -0.05) is 42.0 Å². The number of piperidine rings is 1. The molecule has 0 saturated carbocycles. The number of carbonyl (C=O) groups excluding carboxylic acids is 2. The predicted octanol–water partition coefficient (Wildman–Crippen LogP) is 4.13. The van der Waals surface area contributed by atoms with Crippen molar-refractivity contribution in [2.24, 2.45) is 11.0 Å². The second-order valence-corrected chi connectivity index (χ2v) is 11.8. The highest BCUT2D eigenvalue weighted by Gasteiger charge is 2.32. The van der Waals surface area contributed by atoms with Crippen LogP contribution in [0.4, 0.5) is 5.69 Å².